The van der Waals surface area contributed by atoms with Crippen molar-refractivity contribution in [3.05, 3.63) is 0 Å². The van der Waals surface area contributed by atoms with Crippen LogP contribution in [0, 0.1) is 0 Å². The number of rotatable bonds is 8. The number of carbonyl (C=O) groups excluding carboxylic acids is 1. The van der Waals surface area contributed by atoms with Gasteiger partial charge in [-0.25, -0.2) is 5.84 Å². The molecule has 0 saturated carbocycles. The zero-order valence-electron chi connectivity index (χ0n) is 8.79. The van der Waals surface area contributed by atoms with E-state index in [4.69, 9.17) is 11.6 Å². The van der Waals surface area contributed by atoms with Gasteiger partial charge < -0.3 is 5.73 Å². The van der Waals surface area contributed by atoms with Gasteiger partial charge in [-0.15, -0.1) is 0 Å². The summed E-state index contributed by atoms with van der Waals surface area (Å²) in [6.45, 7) is 2.94. The predicted octanol–water partition coefficient (Wildman–Crippen LogP) is 0.617. The first kappa shape index (κ1) is 13.7. The summed E-state index contributed by atoms with van der Waals surface area (Å²) in [6, 6.07) is 0. The summed E-state index contributed by atoms with van der Waals surface area (Å²) in [7, 11) is 0. The molecule has 0 saturated heterocycles. The van der Waals surface area contributed by atoms with Crippen LogP contribution >= 0.6 is 11.8 Å². The number of thioether (sulfide) groups is 1. The molecule has 0 rings (SSSR count). The molecule has 0 aliphatic carbocycles. The van der Waals surface area contributed by atoms with E-state index in [1.807, 2.05) is 11.8 Å². The summed E-state index contributed by atoms with van der Waals surface area (Å²) in [5, 5.41) is 0.628. The average molecular weight is 219 g/mol. The molecule has 0 spiro atoms. The first-order valence-electron chi connectivity index (χ1n) is 5.01. The molecule has 0 radical (unpaired) electrons. The van der Waals surface area contributed by atoms with E-state index in [1.54, 1.807) is 0 Å². The molecule has 0 aliphatic rings. The van der Waals surface area contributed by atoms with Crippen molar-refractivity contribution in [1.82, 2.24) is 5.43 Å². The van der Waals surface area contributed by atoms with Crippen molar-refractivity contribution in [3.8, 4) is 0 Å². The van der Waals surface area contributed by atoms with Crippen molar-refractivity contribution in [2.75, 3.05) is 12.3 Å². The fourth-order valence-electron chi connectivity index (χ4n) is 1.06. The topological polar surface area (TPSA) is 81.1 Å². The number of hydrogen-bond acceptors (Lipinski definition) is 4. The molecule has 0 aromatic carbocycles. The Kier molecular flexibility index (Phi) is 9.13. The first-order chi connectivity index (χ1) is 6.70. The van der Waals surface area contributed by atoms with Crippen LogP contribution in [-0.4, -0.2) is 23.5 Å². The molecule has 0 heterocycles. The quantitative estimate of drug-likeness (QED) is 0.242. The van der Waals surface area contributed by atoms with Gasteiger partial charge in [0.15, 0.2) is 0 Å². The lowest BCUT2D eigenvalue weighted by Crippen LogP contribution is -2.29. The van der Waals surface area contributed by atoms with Gasteiger partial charge in [0.05, 0.1) is 0 Å². The highest BCUT2D eigenvalue weighted by molar-refractivity contribution is 7.99. The van der Waals surface area contributed by atoms with Crippen LogP contribution in [0.3, 0.4) is 0 Å². The van der Waals surface area contributed by atoms with Crippen molar-refractivity contribution in [3.63, 3.8) is 0 Å². The molecule has 5 N–H and O–H groups in total. The Hall–Kier alpha value is -0.260. The SMILES string of the molecule is CC(CCN)SCCCCC(=O)NN. The Balaban J connectivity index is 3.17. The molecule has 4 nitrogen and oxygen atoms in total. The molecule has 0 fully saturated rings. The van der Waals surface area contributed by atoms with Gasteiger partial charge in [0.25, 0.3) is 0 Å². The summed E-state index contributed by atoms with van der Waals surface area (Å²) in [5.74, 6) is 5.97. The van der Waals surface area contributed by atoms with Crippen LogP contribution in [-0.2, 0) is 4.79 Å². The van der Waals surface area contributed by atoms with Gasteiger partial charge in [-0.05, 0) is 31.6 Å². The number of amides is 1. The molecule has 1 amide bonds. The third-order valence-corrected chi connectivity index (χ3v) is 3.26. The molecule has 0 bridgehead atoms. The Bertz CT molecular complexity index is 155. The molecule has 1 unspecified atom stereocenters. The van der Waals surface area contributed by atoms with Gasteiger partial charge >= 0.3 is 0 Å². The Morgan fingerprint density at radius 3 is 2.79 bits per heavy atom. The van der Waals surface area contributed by atoms with Crippen LogP contribution in [0.25, 0.3) is 0 Å². The minimum Gasteiger partial charge on any atom is -0.330 e. The van der Waals surface area contributed by atoms with E-state index in [0.717, 1.165) is 31.6 Å². The van der Waals surface area contributed by atoms with Crippen LogP contribution in [0.4, 0.5) is 0 Å². The number of hydrogen-bond donors (Lipinski definition) is 3. The van der Waals surface area contributed by atoms with Crippen LogP contribution in [0.5, 0.6) is 0 Å². The number of unbranched alkanes of at least 4 members (excludes halogenated alkanes) is 1. The van der Waals surface area contributed by atoms with Gasteiger partial charge in [0.1, 0.15) is 0 Å². The van der Waals surface area contributed by atoms with E-state index in [-0.39, 0.29) is 5.91 Å². The highest BCUT2D eigenvalue weighted by atomic mass is 32.2. The lowest BCUT2D eigenvalue weighted by Gasteiger charge is -2.08. The van der Waals surface area contributed by atoms with Gasteiger partial charge in [-0.2, -0.15) is 11.8 Å². The van der Waals surface area contributed by atoms with Crippen LogP contribution < -0.4 is 17.0 Å². The first-order valence-corrected chi connectivity index (χ1v) is 6.06. The molecule has 1 atom stereocenters. The van der Waals surface area contributed by atoms with Gasteiger partial charge in [-0.1, -0.05) is 6.92 Å². The van der Waals surface area contributed by atoms with Crippen LogP contribution in [0.1, 0.15) is 32.6 Å². The van der Waals surface area contributed by atoms with E-state index in [2.05, 4.69) is 12.3 Å². The second kappa shape index (κ2) is 9.30. The van der Waals surface area contributed by atoms with E-state index < -0.39 is 0 Å². The normalized spacial score (nSPS) is 12.5. The standard InChI is InChI=1S/C9H21N3OS/c1-8(5-6-10)14-7-3-2-4-9(13)12-11/h8H,2-7,10-11H2,1H3,(H,12,13). The highest BCUT2D eigenvalue weighted by Gasteiger charge is 2.01. The van der Waals surface area contributed by atoms with Crippen molar-refractivity contribution < 1.29 is 4.79 Å². The summed E-state index contributed by atoms with van der Waals surface area (Å²) in [6.07, 6.45) is 3.56. The maximum atomic E-state index is 10.8. The van der Waals surface area contributed by atoms with Gasteiger partial charge in [-0.3, -0.25) is 10.2 Å². The Labute approximate surface area is 90.1 Å². The zero-order valence-corrected chi connectivity index (χ0v) is 9.61. The molecule has 84 valence electrons. The minimum absolute atomic E-state index is 0.0787. The molecule has 5 heteroatoms. The maximum Gasteiger partial charge on any atom is 0.233 e. The van der Waals surface area contributed by atoms with Crippen molar-refractivity contribution >= 4 is 17.7 Å². The summed E-state index contributed by atoms with van der Waals surface area (Å²) >= 11 is 1.92. The molecule has 14 heavy (non-hydrogen) atoms. The predicted molar refractivity (Wildman–Crippen MR) is 61.8 cm³/mol. The zero-order chi connectivity index (χ0) is 10.8. The molecule has 0 aliphatic heterocycles. The summed E-state index contributed by atoms with van der Waals surface area (Å²) < 4.78 is 0. The Morgan fingerprint density at radius 2 is 2.21 bits per heavy atom. The highest BCUT2D eigenvalue weighted by Crippen LogP contribution is 2.15. The summed E-state index contributed by atoms with van der Waals surface area (Å²) in [5.41, 5.74) is 7.56. The molecule has 0 aromatic rings. The monoisotopic (exact) mass is 219 g/mol. The van der Waals surface area contributed by atoms with Crippen LogP contribution in [0.15, 0.2) is 0 Å². The van der Waals surface area contributed by atoms with Gasteiger partial charge in [0, 0.05) is 11.7 Å². The van der Waals surface area contributed by atoms with E-state index in [9.17, 15) is 4.79 Å². The smallest absolute Gasteiger partial charge is 0.233 e. The number of carbonyl (C=O) groups is 1. The third-order valence-electron chi connectivity index (χ3n) is 1.93. The van der Waals surface area contributed by atoms with Crippen molar-refractivity contribution in [1.29, 1.82) is 0 Å². The lowest BCUT2D eigenvalue weighted by molar-refractivity contribution is -0.121. The average Bonchev–Trinajstić information content (AvgIpc) is 2.17. The fourth-order valence-corrected chi connectivity index (χ4v) is 2.14. The van der Waals surface area contributed by atoms with E-state index in [1.165, 1.54) is 0 Å². The number of hydrazine groups is 1. The molecule has 0 aromatic heterocycles. The van der Waals surface area contributed by atoms with E-state index >= 15 is 0 Å². The second-order valence-corrected chi connectivity index (χ2v) is 4.83. The fraction of sp³-hybridized carbons (Fsp3) is 0.889. The number of nitrogens with two attached hydrogens (primary N) is 2. The Morgan fingerprint density at radius 1 is 1.50 bits per heavy atom. The van der Waals surface area contributed by atoms with Gasteiger partial charge in [0.2, 0.25) is 5.91 Å². The summed E-state index contributed by atoms with van der Waals surface area (Å²) in [4.78, 5) is 10.8. The van der Waals surface area contributed by atoms with Crippen molar-refractivity contribution in [2.45, 2.75) is 37.9 Å². The van der Waals surface area contributed by atoms with Crippen LogP contribution in [0.2, 0.25) is 0 Å². The second-order valence-electron chi connectivity index (χ2n) is 3.28. The van der Waals surface area contributed by atoms with E-state index in [0.29, 0.717) is 11.7 Å². The lowest BCUT2D eigenvalue weighted by atomic mass is 10.2. The minimum atomic E-state index is -0.0787. The number of nitrogens with one attached hydrogen (secondary N) is 1. The van der Waals surface area contributed by atoms with Crippen molar-refractivity contribution in [2.24, 2.45) is 11.6 Å². The maximum absolute atomic E-state index is 10.8. The largest absolute Gasteiger partial charge is 0.330 e. The third kappa shape index (κ3) is 8.34. The molecular weight excluding hydrogens is 198 g/mol. The molecular formula is C9H21N3OS.